The van der Waals surface area contributed by atoms with Gasteiger partial charge in [-0.3, -0.25) is 4.90 Å². The van der Waals surface area contributed by atoms with E-state index in [4.69, 9.17) is 0 Å². The van der Waals surface area contributed by atoms with Crippen molar-refractivity contribution < 1.29 is 23.8 Å². The topological polar surface area (TPSA) is 7.68 Å². The molecule has 1 aromatic carbocycles. The van der Waals surface area contributed by atoms with E-state index in [1.807, 2.05) is 0 Å². The summed E-state index contributed by atoms with van der Waals surface area (Å²) in [5.74, 6) is 0. The molecule has 0 spiro atoms. The summed E-state index contributed by atoms with van der Waals surface area (Å²) in [7, 11) is 8.59. The molecule has 0 saturated heterocycles. The first kappa shape index (κ1) is 13.7. The van der Waals surface area contributed by atoms with Crippen molar-refractivity contribution in [2.75, 3.05) is 28.2 Å². The van der Waals surface area contributed by atoms with Crippen LogP contribution in [0.5, 0.6) is 0 Å². The number of nitrogens with one attached hydrogen (secondary N) is 1. The van der Waals surface area contributed by atoms with E-state index in [9.17, 15) is 0 Å². The van der Waals surface area contributed by atoms with Gasteiger partial charge in [-0.15, -0.1) is 0 Å². The fourth-order valence-corrected chi connectivity index (χ4v) is 1.78. The third-order valence-corrected chi connectivity index (χ3v) is 2.18. The normalized spacial score (nSPS) is 12.7. The Bertz CT molecular complexity index is 239. The second-order valence-electron chi connectivity index (χ2n) is 3.85. The number of hydrogen-bond donors (Lipinski definition) is 1. The van der Waals surface area contributed by atoms with E-state index in [1.54, 1.807) is 0 Å². The molecule has 1 aromatic rings. The maximum absolute atomic E-state index is 2.24. The van der Waals surface area contributed by atoms with Crippen LogP contribution in [0.25, 0.3) is 0 Å². The van der Waals surface area contributed by atoms with Crippen LogP contribution in [0, 0.1) is 0 Å². The summed E-state index contributed by atoms with van der Waals surface area (Å²) < 4.78 is 0. The number of benzene rings is 1. The molecule has 1 rings (SSSR count). The molecule has 0 aliphatic carbocycles. The monoisotopic (exact) mass is 186 g/mol. The van der Waals surface area contributed by atoms with Crippen LogP contribution in [0.2, 0.25) is 0 Å². The maximum atomic E-state index is 2.24. The minimum absolute atomic E-state index is 0. The van der Waals surface area contributed by atoms with Crippen molar-refractivity contribution in [3.63, 3.8) is 0 Å². The van der Waals surface area contributed by atoms with E-state index in [0.717, 1.165) is 0 Å². The first-order valence-electron chi connectivity index (χ1n) is 4.64. The average molecular weight is 186 g/mol. The molecule has 0 saturated carbocycles. The molecule has 1 unspecified atom stereocenters. The molecule has 0 aliphatic heterocycles. The summed E-state index contributed by atoms with van der Waals surface area (Å²) in [4.78, 5) is 3.67. The van der Waals surface area contributed by atoms with E-state index in [0.29, 0.717) is 6.17 Å². The van der Waals surface area contributed by atoms with Crippen LogP contribution < -0.4 is 23.8 Å². The smallest absolute Gasteiger partial charge is 0.321 e. The Labute approximate surface area is 99.1 Å². The Morgan fingerprint density at radius 2 is 1.57 bits per heavy atom. The second kappa shape index (κ2) is 6.26. The largest absolute Gasteiger partial charge is 1.00 e. The van der Waals surface area contributed by atoms with Gasteiger partial charge in [-0.1, -0.05) is 30.3 Å². The summed E-state index contributed by atoms with van der Waals surface area (Å²) in [5.41, 5.74) is 1.37. The Hall–Kier alpha value is -0.263. The van der Waals surface area contributed by atoms with Crippen molar-refractivity contribution >= 4 is 0 Å². The van der Waals surface area contributed by atoms with Crippen LogP contribution in [0.4, 0.5) is 0 Å². The van der Waals surface area contributed by atoms with Gasteiger partial charge in [-0.2, -0.15) is 0 Å². The van der Waals surface area contributed by atoms with Gasteiger partial charge >= 0.3 is 18.9 Å². The van der Waals surface area contributed by atoms with Gasteiger partial charge in [0.05, 0.1) is 14.1 Å². The van der Waals surface area contributed by atoms with Crippen LogP contribution in [-0.4, -0.2) is 33.1 Å². The molecule has 0 radical (unpaired) electrons. The summed E-state index contributed by atoms with van der Waals surface area (Å²) in [5, 5.41) is 0. The minimum atomic E-state index is 0. The standard InChI is InChI=1S/C11H18N2.Li/c1-12(2)11(13(3)4)10-8-6-5-7-9-10;/h5-9,11H,1-4H3;/q;+1/p+1. The first-order valence-corrected chi connectivity index (χ1v) is 4.64. The van der Waals surface area contributed by atoms with Crippen LogP contribution in [-0.2, 0) is 0 Å². The molecule has 2 nitrogen and oxygen atoms in total. The van der Waals surface area contributed by atoms with E-state index in [-0.39, 0.29) is 18.9 Å². The molecule has 14 heavy (non-hydrogen) atoms. The van der Waals surface area contributed by atoms with E-state index in [2.05, 4.69) is 63.4 Å². The number of rotatable bonds is 3. The molecule has 0 aromatic heterocycles. The Morgan fingerprint density at radius 3 is 1.93 bits per heavy atom. The number of nitrogens with zero attached hydrogens (tertiary/aromatic N) is 1. The van der Waals surface area contributed by atoms with Crippen LogP contribution in [0.1, 0.15) is 11.7 Å². The van der Waals surface area contributed by atoms with E-state index < -0.39 is 0 Å². The predicted molar refractivity (Wildman–Crippen MR) is 55.7 cm³/mol. The molecule has 0 bridgehead atoms. The minimum Gasteiger partial charge on any atom is -0.321 e. The molecule has 1 atom stereocenters. The Balaban J connectivity index is 0.00000169. The average Bonchev–Trinajstić information content (AvgIpc) is 2.04. The summed E-state index contributed by atoms with van der Waals surface area (Å²) in [6.45, 7) is 0. The van der Waals surface area contributed by atoms with Gasteiger partial charge in [0.25, 0.3) is 0 Å². The zero-order valence-corrected chi connectivity index (χ0v) is 9.91. The van der Waals surface area contributed by atoms with Crippen LogP contribution >= 0.6 is 0 Å². The molecule has 72 valence electrons. The fraction of sp³-hybridized carbons (Fsp3) is 0.455. The fourth-order valence-electron chi connectivity index (χ4n) is 1.78. The summed E-state index contributed by atoms with van der Waals surface area (Å²) >= 11 is 0. The quantitative estimate of drug-likeness (QED) is 0.402. The van der Waals surface area contributed by atoms with Crippen LogP contribution in [0.15, 0.2) is 30.3 Å². The van der Waals surface area contributed by atoms with Crippen molar-refractivity contribution in [3.05, 3.63) is 35.9 Å². The molecule has 1 N–H and O–H groups in total. The molecule has 0 amide bonds. The van der Waals surface area contributed by atoms with Gasteiger partial charge in [-0.05, 0) is 14.1 Å². The summed E-state index contributed by atoms with van der Waals surface area (Å²) in [6.07, 6.45) is 0.446. The Kier molecular flexibility index (Phi) is 6.15. The second-order valence-corrected chi connectivity index (χ2v) is 3.85. The van der Waals surface area contributed by atoms with E-state index in [1.165, 1.54) is 10.5 Å². The third kappa shape index (κ3) is 3.47. The molecule has 0 heterocycles. The zero-order chi connectivity index (χ0) is 9.84. The predicted octanol–water partition coefficient (Wildman–Crippen LogP) is -2.60. The van der Waals surface area contributed by atoms with Crippen LogP contribution in [0.3, 0.4) is 0 Å². The van der Waals surface area contributed by atoms with Crippen molar-refractivity contribution in [1.29, 1.82) is 0 Å². The molecule has 3 heteroatoms. The van der Waals surface area contributed by atoms with Crippen molar-refractivity contribution in [1.82, 2.24) is 4.90 Å². The maximum Gasteiger partial charge on any atom is 1.00 e. The molecule has 0 fully saturated rings. The van der Waals surface area contributed by atoms with Gasteiger partial charge in [0.15, 0.2) is 6.17 Å². The summed E-state index contributed by atoms with van der Waals surface area (Å²) in [6, 6.07) is 10.6. The van der Waals surface area contributed by atoms with Crippen molar-refractivity contribution in [2.45, 2.75) is 6.17 Å². The van der Waals surface area contributed by atoms with Crippen molar-refractivity contribution in [3.8, 4) is 0 Å². The van der Waals surface area contributed by atoms with Crippen molar-refractivity contribution in [2.24, 2.45) is 0 Å². The zero-order valence-electron chi connectivity index (χ0n) is 9.91. The van der Waals surface area contributed by atoms with Gasteiger partial charge in [-0.25, -0.2) is 0 Å². The number of hydrogen-bond acceptors (Lipinski definition) is 1. The number of quaternary nitrogens is 1. The molecular weight excluding hydrogens is 167 g/mol. The van der Waals surface area contributed by atoms with Gasteiger partial charge in [0.1, 0.15) is 0 Å². The Morgan fingerprint density at radius 1 is 1.07 bits per heavy atom. The van der Waals surface area contributed by atoms with E-state index >= 15 is 0 Å². The van der Waals surface area contributed by atoms with Gasteiger partial charge in [0.2, 0.25) is 0 Å². The van der Waals surface area contributed by atoms with Gasteiger partial charge in [0, 0.05) is 5.56 Å². The first-order chi connectivity index (χ1) is 6.13. The third-order valence-electron chi connectivity index (χ3n) is 2.18. The van der Waals surface area contributed by atoms with Gasteiger partial charge < -0.3 is 4.90 Å². The molecular formula is C11H19LiN2+2. The SMILES string of the molecule is CN(C)C(c1ccccc1)[NH+](C)C.[Li+]. The molecule has 0 aliphatic rings.